The minimum Gasteiger partial charge on any atom is -0.410 e. The van der Waals surface area contributed by atoms with Gasteiger partial charge in [0.05, 0.1) is 6.92 Å². The molecule has 0 saturated heterocycles. The average Bonchev–Trinajstić information content (AvgIpc) is 2.14. The monoisotopic (exact) mass is 112 g/mol. The molecule has 0 aromatic carbocycles. The second-order valence-corrected chi connectivity index (χ2v) is 1.71. The van der Waals surface area contributed by atoms with E-state index in [0.717, 1.165) is 12.4 Å². The van der Waals surface area contributed by atoms with Crippen molar-refractivity contribution in [3.05, 3.63) is 18.4 Å². The zero-order valence-electron chi connectivity index (χ0n) is 5.22. The third kappa shape index (κ3) is 0.735. The number of aryl methyl sites for hydroxylation is 2. The Balaban J connectivity index is 2.92. The van der Waals surface area contributed by atoms with Crippen LogP contribution in [0.1, 0.15) is 12.8 Å². The summed E-state index contributed by atoms with van der Waals surface area (Å²) in [5.74, 6) is 0.965. The second kappa shape index (κ2) is 1.99. The van der Waals surface area contributed by atoms with Gasteiger partial charge in [-0.2, -0.15) is 4.57 Å². The highest BCUT2D eigenvalue weighted by Gasteiger charge is 2.02. The van der Waals surface area contributed by atoms with Crippen LogP contribution < -0.4 is 4.57 Å². The number of oxazole rings is 1. The van der Waals surface area contributed by atoms with Crippen molar-refractivity contribution < 1.29 is 8.98 Å². The molecule has 0 unspecified atom stereocenters. The Hall–Kier alpha value is -0.790. The zero-order chi connectivity index (χ0) is 5.98. The molecule has 0 bridgehead atoms. The van der Waals surface area contributed by atoms with Crippen molar-refractivity contribution in [2.75, 3.05) is 0 Å². The van der Waals surface area contributed by atoms with Crippen LogP contribution in [0.3, 0.4) is 0 Å². The number of hydrogen-bond donors (Lipinski definition) is 0. The highest BCUT2D eigenvalue weighted by molar-refractivity contribution is 4.60. The summed E-state index contributed by atoms with van der Waals surface area (Å²) in [6.07, 6.45) is 3.62. The van der Waals surface area contributed by atoms with Gasteiger partial charge in [-0.05, 0) is 6.92 Å². The minimum absolute atomic E-state index is 0.965. The van der Waals surface area contributed by atoms with E-state index < -0.39 is 0 Å². The fourth-order valence-electron chi connectivity index (χ4n) is 0.703. The van der Waals surface area contributed by atoms with Crippen LogP contribution in [-0.2, 0) is 6.54 Å². The Morgan fingerprint density at radius 3 is 2.75 bits per heavy atom. The summed E-state index contributed by atoms with van der Waals surface area (Å²) in [6, 6.07) is 0. The first-order chi connectivity index (χ1) is 3.84. The van der Waals surface area contributed by atoms with Crippen molar-refractivity contribution >= 4 is 0 Å². The van der Waals surface area contributed by atoms with Crippen LogP contribution in [0, 0.1) is 6.92 Å². The van der Waals surface area contributed by atoms with Crippen molar-refractivity contribution in [3.8, 4) is 0 Å². The van der Waals surface area contributed by atoms with Gasteiger partial charge in [-0.25, -0.2) is 0 Å². The summed E-state index contributed by atoms with van der Waals surface area (Å²) in [6.45, 7) is 5.02. The third-order valence-corrected chi connectivity index (χ3v) is 1.22. The molecule has 0 amide bonds. The van der Waals surface area contributed by atoms with Gasteiger partial charge in [-0.3, -0.25) is 0 Å². The summed E-state index contributed by atoms with van der Waals surface area (Å²) in [4.78, 5) is 0. The molecule has 1 heterocycles. The first kappa shape index (κ1) is 5.35. The first-order valence-electron chi connectivity index (χ1n) is 2.78. The average molecular weight is 112 g/mol. The number of nitrogens with zero attached hydrogens (tertiary/aromatic N) is 1. The number of aromatic nitrogens is 1. The Bertz CT molecular complexity index is 169. The van der Waals surface area contributed by atoms with E-state index >= 15 is 0 Å². The normalized spacial score (nSPS) is 9.75. The van der Waals surface area contributed by atoms with E-state index in [1.54, 1.807) is 6.26 Å². The molecule has 1 aromatic rings. The molecular weight excluding hydrogens is 102 g/mol. The standard InChI is InChI=1S/C6H10NO/c1-3-7-4-5-8-6(7)2/h4-5H,3H2,1-2H3/q+1. The Kier molecular flexibility index (Phi) is 1.33. The summed E-state index contributed by atoms with van der Waals surface area (Å²) in [7, 11) is 0. The van der Waals surface area contributed by atoms with Gasteiger partial charge in [0.25, 0.3) is 0 Å². The molecule has 0 N–H and O–H groups in total. The van der Waals surface area contributed by atoms with Gasteiger partial charge in [0.15, 0.2) is 6.26 Å². The van der Waals surface area contributed by atoms with Crippen molar-refractivity contribution in [3.63, 3.8) is 0 Å². The van der Waals surface area contributed by atoms with Crippen LogP contribution in [0.25, 0.3) is 0 Å². The highest BCUT2D eigenvalue weighted by atomic mass is 16.3. The molecule has 2 nitrogen and oxygen atoms in total. The van der Waals surface area contributed by atoms with Crippen molar-refractivity contribution in [2.45, 2.75) is 20.4 Å². The molecule has 1 aromatic heterocycles. The summed E-state index contributed by atoms with van der Waals surface area (Å²) >= 11 is 0. The van der Waals surface area contributed by atoms with E-state index in [4.69, 9.17) is 4.42 Å². The maximum Gasteiger partial charge on any atom is 0.343 e. The lowest BCUT2D eigenvalue weighted by Gasteiger charge is -1.80. The molecule has 44 valence electrons. The molecule has 0 aliphatic carbocycles. The van der Waals surface area contributed by atoms with Gasteiger partial charge in [0, 0.05) is 0 Å². The summed E-state index contributed by atoms with van der Waals surface area (Å²) < 4.78 is 7.06. The van der Waals surface area contributed by atoms with Gasteiger partial charge in [-0.1, -0.05) is 0 Å². The van der Waals surface area contributed by atoms with Crippen molar-refractivity contribution in [1.82, 2.24) is 0 Å². The van der Waals surface area contributed by atoms with Crippen LogP contribution in [0.5, 0.6) is 0 Å². The highest BCUT2D eigenvalue weighted by Crippen LogP contribution is 1.86. The van der Waals surface area contributed by atoms with E-state index in [0.29, 0.717) is 0 Å². The fraction of sp³-hybridized carbons (Fsp3) is 0.500. The maximum absolute atomic E-state index is 5.02. The van der Waals surface area contributed by atoms with Crippen LogP contribution in [0.4, 0.5) is 0 Å². The predicted octanol–water partition coefficient (Wildman–Crippen LogP) is 0.895. The fourth-order valence-corrected chi connectivity index (χ4v) is 0.703. The second-order valence-electron chi connectivity index (χ2n) is 1.71. The first-order valence-corrected chi connectivity index (χ1v) is 2.78. The third-order valence-electron chi connectivity index (χ3n) is 1.22. The lowest BCUT2D eigenvalue weighted by molar-refractivity contribution is -0.702. The van der Waals surface area contributed by atoms with Gasteiger partial charge in [0.1, 0.15) is 6.54 Å². The van der Waals surface area contributed by atoms with E-state index in [1.807, 2.05) is 17.7 Å². The smallest absolute Gasteiger partial charge is 0.343 e. The molecule has 0 aliphatic rings. The van der Waals surface area contributed by atoms with Gasteiger partial charge in [0.2, 0.25) is 6.20 Å². The van der Waals surface area contributed by atoms with Crippen LogP contribution in [0.2, 0.25) is 0 Å². The lowest BCUT2D eigenvalue weighted by Crippen LogP contribution is -2.31. The molecule has 0 fully saturated rings. The van der Waals surface area contributed by atoms with E-state index in [-0.39, 0.29) is 0 Å². The van der Waals surface area contributed by atoms with E-state index in [2.05, 4.69) is 6.92 Å². The lowest BCUT2D eigenvalue weighted by atomic mass is 10.6. The summed E-state index contributed by atoms with van der Waals surface area (Å²) in [5.41, 5.74) is 0. The van der Waals surface area contributed by atoms with Gasteiger partial charge in [-0.15, -0.1) is 0 Å². The van der Waals surface area contributed by atoms with Crippen molar-refractivity contribution in [1.29, 1.82) is 0 Å². The molecular formula is C6H10NO+. The molecule has 0 spiro atoms. The predicted molar refractivity (Wildman–Crippen MR) is 29.3 cm³/mol. The molecule has 0 atom stereocenters. The largest absolute Gasteiger partial charge is 0.410 e. The topological polar surface area (TPSA) is 17.0 Å². The Labute approximate surface area is 48.8 Å². The van der Waals surface area contributed by atoms with Crippen LogP contribution in [0.15, 0.2) is 16.9 Å². The molecule has 0 aliphatic heterocycles. The maximum atomic E-state index is 5.02. The zero-order valence-corrected chi connectivity index (χ0v) is 5.22. The van der Waals surface area contributed by atoms with Gasteiger partial charge >= 0.3 is 5.89 Å². The Morgan fingerprint density at radius 2 is 2.50 bits per heavy atom. The van der Waals surface area contributed by atoms with Crippen LogP contribution in [-0.4, -0.2) is 0 Å². The van der Waals surface area contributed by atoms with Gasteiger partial charge < -0.3 is 4.42 Å². The minimum atomic E-state index is 0.965. The molecule has 1 rings (SSSR count). The van der Waals surface area contributed by atoms with E-state index in [9.17, 15) is 0 Å². The summed E-state index contributed by atoms with van der Waals surface area (Å²) in [5, 5.41) is 0. The molecule has 0 radical (unpaired) electrons. The Morgan fingerprint density at radius 1 is 1.75 bits per heavy atom. The van der Waals surface area contributed by atoms with E-state index in [1.165, 1.54) is 0 Å². The molecule has 0 saturated carbocycles. The quantitative estimate of drug-likeness (QED) is 0.493. The number of rotatable bonds is 1. The SMILES string of the molecule is CC[n+]1ccoc1C. The number of hydrogen-bond acceptors (Lipinski definition) is 1. The molecule has 8 heavy (non-hydrogen) atoms. The molecule has 2 heteroatoms. The van der Waals surface area contributed by atoms with Crippen molar-refractivity contribution in [2.24, 2.45) is 0 Å². The van der Waals surface area contributed by atoms with Crippen LogP contribution >= 0.6 is 0 Å².